The first-order valence-electron chi connectivity index (χ1n) is 10.7. The number of anilines is 1. The predicted octanol–water partition coefficient (Wildman–Crippen LogP) is 4.87. The van der Waals surface area contributed by atoms with Crippen LogP contribution in [0.4, 0.5) is 5.69 Å². The maximum Gasteiger partial charge on any atom is 0.264 e. The molecule has 1 amide bonds. The van der Waals surface area contributed by atoms with Crippen LogP contribution in [0.3, 0.4) is 0 Å². The maximum absolute atomic E-state index is 13.4. The molecule has 3 aromatic rings. The minimum Gasteiger partial charge on any atom is -0.490 e. The Hall–Kier alpha value is -3.62. The van der Waals surface area contributed by atoms with Crippen molar-refractivity contribution < 1.29 is 17.9 Å². The van der Waals surface area contributed by atoms with Crippen LogP contribution in [0.2, 0.25) is 5.02 Å². The molecule has 0 aliphatic heterocycles. The number of benzene rings is 3. The average Bonchev–Trinajstić information content (AvgIpc) is 2.83. The number of nitrogens with one attached hydrogen (secondary N) is 1. The molecule has 0 bridgehead atoms. The Bertz CT molecular complexity index is 1340. The third-order valence-corrected chi connectivity index (χ3v) is 7.16. The van der Waals surface area contributed by atoms with E-state index in [-0.39, 0.29) is 10.6 Å². The minimum atomic E-state index is -4.05. The molecule has 0 radical (unpaired) electrons. The monoisotopic (exact) mass is 511 g/mol. The number of carbonyl (C=O) groups is 1. The van der Waals surface area contributed by atoms with Crippen molar-refractivity contribution in [1.29, 1.82) is 0 Å². The van der Waals surface area contributed by atoms with E-state index in [1.165, 1.54) is 24.4 Å². The first-order valence-corrected chi connectivity index (χ1v) is 12.5. The van der Waals surface area contributed by atoms with Gasteiger partial charge in [0.05, 0.1) is 16.8 Å². The van der Waals surface area contributed by atoms with Crippen LogP contribution in [0, 0.1) is 13.8 Å². The highest BCUT2D eigenvalue weighted by molar-refractivity contribution is 7.92. The maximum atomic E-state index is 13.4. The van der Waals surface area contributed by atoms with Crippen LogP contribution in [-0.2, 0) is 14.8 Å². The van der Waals surface area contributed by atoms with Crippen molar-refractivity contribution in [2.45, 2.75) is 18.7 Å². The molecule has 0 unspecified atom stereocenters. The van der Waals surface area contributed by atoms with E-state index in [2.05, 4.69) is 17.1 Å². The minimum absolute atomic E-state index is 0.0624. The van der Waals surface area contributed by atoms with Gasteiger partial charge in [0.1, 0.15) is 18.9 Å². The lowest BCUT2D eigenvalue weighted by molar-refractivity contribution is -0.119. The van der Waals surface area contributed by atoms with Crippen LogP contribution in [0.15, 0.2) is 89.4 Å². The van der Waals surface area contributed by atoms with Crippen LogP contribution in [0.5, 0.6) is 5.75 Å². The summed E-state index contributed by atoms with van der Waals surface area (Å²) in [4.78, 5) is 12.8. The van der Waals surface area contributed by atoms with Gasteiger partial charge < -0.3 is 4.74 Å². The molecule has 1 N–H and O–H groups in total. The summed E-state index contributed by atoms with van der Waals surface area (Å²) in [6, 6.07) is 18.4. The molecule has 0 saturated carbocycles. The van der Waals surface area contributed by atoms with Gasteiger partial charge in [0.25, 0.3) is 15.9 Å². The summed E-state index contributed by atoms with van der Waals surface area (Å²) in [6.45, 7) is 7.16. The van der Waals surface area contributed by atoms with Gasteiger partial charge in [-0.1, -0.05) is 60.2 Å². The van der Waals surface area contributed by atoms with Crippen LogP contribution in [0.1, 0.15) is 16.7 Å². The van der Waals surface area contributed by atoms with E-state index in [0.29, 0.717) is 22.9 Å². The van der Waals surface area contributed by atoms with Gasteiger partial charge >= 0.3 is 0 Å². The van der Waals surface area contributed by atoms with Gasteiger partial charge in [0, 0.05) is 5.02 Å². The summed E-state index contributed by atoms with van der Waals surface area (Å²) >= 11 is 6.25. The van der Waals surface area contributed by atoms with Crippen molar-refractivity contribution in [2.75, 3.05) is 17.5 Å². The summed E-state index contributed by atoms with van der Waals surface area (Å²) in [5.41, 5.74) is 5.06. The van der Waals surface area contributed by atoms with Crippen molar-refractivity contribution in [3.05, 3.63) is 101 Å². The average molecular weight is 512 g/mol. The Morgan fingerprint density at radius 2 is 1.86 bits per heavy atom. The fourth-order valence-electron chi connectivity index (χ4n) is 3.07. The number of carbonyl (C=O) groups excluding carboxylic acids is 1. The van der Waals surface area contributed by atoms with Crippen molar-refractivity contribution >= 4 is 39.4 Å². The molecule has 0 saturated heterocycles. The molecule has 0 atom stereocenters. The number of ether oxygens (including phenoxy) is 1. The molecule has 0 aliphatic rings. The summed E-state index contributed by atoms with van der Waals surface area (Å²) in [5, 5.41) is 4.35. The van der Waals surface area contributed by atoms with Crippen molar-refractivity contribution in [2.24, 2.45) is 5.10 Å². The number of amides is 1. The van der Waals surface area contributed by atoms with Gasteiger partial charge in [-0.15, -0.1) is 0 Å². The van der Waals surface area contributed by atoms with E-state index in [9.17, 15) is 13.2 Å². The molecule has 0 fully saturated rings. The Balaban J connectivity index is 1.81. The zero-order valence-electron chi connectivity index (χ0n) is 19.4. The predicted molar refractivity (Wildman–Crippen MR) is 140 cm³/mol. The van der Waals surface area contributed by atoms with Gasteiger partial charge in [-0.3, -0.25) is 9.10 Å². The molecule has 182 valence electrons. The fourth-order valence-corrected chi connectivity index (χ4v) is 4.66. The number of hydrazone groups is 1. The zero-order valence-corrected chi connectivity index (χ0v) is 21.0. The van der Waals surface area contributed by atoms with Gasteiger partial charge in [-0.25, -0.2) is 13.8 Å². The van der Waals surface area contributed by atoms with E-state index >= 15 is 0 Å². The Kier molecular flexibility index (Phi) is 8.68. The molecule has 0 spiro atoms. The highest BCUT2D eigenvalue weighted by Crippen LogP contribution is 2.28. The second-order valence-electron chi connectivity index (χ2n) is 7.72. The SMILES string of the molecule is C=CCOc1cccc(/C=N\NC(=O)CN(c2ccc(C)c(Cl)c2)S(=O)(=O)c2ccc(C)cc2)c1. The van der Waals surface area contributed by atoms with Crippen LogP contribution < -0.4 is 14.5 Å². The Labute approximate surface area is 210 Å². The molecule has 9 heteroatoms. The van der Waals surface area contributed by atoms with Gasteiger partial charge in [0.15, 0.2) is 0 Å². The molecular formula is C26H26ClN3O4S. The third kappa shape index (κ3) is 6.94. The van der Waals surface area contributed by atoms with Gasteiger partial charge in [-0.2, -0.15) is 5.10 Å². The van der Waals surface area contributed by atoms with Crippen molar-refractivity contribution in [3.63, 3.8) is 0 Å². The Morgan fingerprint density at radius 1 is 1.11 bits per heavy atom. The molecular weight excluding hydrogens is 486 g/mol. The molecule has 3 rings (SSSR count). The Morgan fingerprint density at radius 3 is 2.54 bits per heavy atom. The van der Waals surface area contributed by atoms with E-state index in [4.69, 9.17) is 16.3 Å². The number of hydrogen-bond acceptors (Lipinski definition) is 5. The lowest BCUT2D eigenvalue weighted by atomic mass is 10.2. The zero-order chi connectivity index (χ0) is 25.4. The topological polar surface area (TPSA) is 88.1 Å². The summed E-state index contributed by atoms with van der Waals surface area (Å²) in [7, 11) is -4.05. The summed E-state index contributed by atoms with van der Waals surface area (Å²) in [5.74, 6) is 0.0134. The number of aryl methyl sites for hydroxylation is 2. The number of nitrogens with zero attached hydrogens (tertiary/aromatic N) is 2. The van der Waals surface area contributed by atoms with Crippen molar-refractivity contribution in [3.8, 4) is 5.75 Å². The molecule has 7 nitrogen and oxygen atoms in total. The van der Waals surface area contributed by atoms with Gasteiger partial charge in [0.2, 0.25) is 0 Å². The molecule has 0 aromatic heterocycles. The first kappa shape index (κ1) is 26.0. The molecule has 0 heterocycles. The first-order chi connectivity index (χ1) is 16.7. The number of halogens is 1. The lowest BCUT2D eigenvalue weighted by Crippen LogP contribution is -2.39. The number of hydrogen-bond donors (Lipinski definition) is 1. The van der Waals surface area contributed by atoms with E-state index in [1.807, 2.05) is 13.8 Å². The smallest absolute Gasteiger partial charge is 0.264 e. The summed E-state index contributed by atoms with van der Waals surface area (Å²) in [6.07, 6.45) is 3.08. The van der Waals surface area contributed by atoms with Crippen LogP contribution in [0.25, 0.3) is 0 Å². The molecule has 3 aromatic carbocycles. The molecule has 0 aliphatic carbocycles. The normalized spacial score (nSPS) is 11.3. The fraction of sp³-hybridized carbons (Fsp3) is 0.154. The second-order valence-corrected chi connectivity index (χ2v) is 9.99. The molecule has 35 heavy (non-hydrogen) atoms. The standard InChI is InChI=1S/C26H26ClN3O4S/c1-4-14-34-23-7-5-6-21(15-23)17-28-29-26(31)18-30(22-11-10-20(3)25(27)16-22)35(32,33)24-12-8-19(2)9-13-24/h4-13,15-17H,1,14,18H2,2-3H3,(H,29,31)/b28-17-. The van der Waals surface area contributed by atoms with Crippen LogP contribution in [-0.4, -0.2) is 33.7 Å². The van der Waals surface area contributed by atoms with E-state index in [0.717, 1.165) is 15.4 Å². The van der Waals surface area contributed by atoms with E-state index < -0.39 is 22.5 Å². The highest BCUT2D eigenvalue weighted by Gasteiger charge is 2.27. The largest absolute Gasteiger partial charge is 0.490 e. The second kappa shape index (κ2) is 11.7. The van der Waals surface area contributed by atoms with Gasteiger partial charge in [-0.05, 0) is 61.4 Å². The quantitative estimate of drug-likeness (QED) is 0.239. The third-order valence-electron chi connectivity index (χ3n) is 4.97. The van der Waals surface area contributed by atoms with Crippen molar-refractivity contribution in [1.82, 2.24) is 5.43 Å². The number of sulfonamides is 1. The summed E-state index contributed by atoms with van der Waals surface area (Å²) < 4.78 is 33.4. The lowest BCUT2D eigenvalue weighted by Gasteiger charge is -2.24. The van der Waals surface area contributed by atoms with E-state index in [1.54, 1.807) is 54.6 Å². The highest BCUT2D eigenvalue weighted by atomic mass is 35.5. The van der Waals surface area contributed by atoms with Crippen LogP contribution >= 0.6 is 11.6 Å². The number of rotatable bonds is 10.